The van der Waals surface area contributed by atoms with Crippen LogP contribution in [0.3, 0.4) is 0 Å². The number of benzene rings is 2. The molecule has 104 valence electrons. The lowest BCUT2D eigenvalue weighted by molar-refractivity contribution is -0.130. The number of phenolic OH excluding ortho intramolecular Hbond substituents is 1. The van der Waals surface area contributed by atoms with Gasteiger partial charge >= 0.3 is 5.97 Å². The molecule has 21 heavy (non-hydrogen) atoms. The molecule has 1 N–H and O–H groups in total. The largest absolute Gasteiger partial charge is 0.507 e. The first-order valence-electron chi connectivity index (χ1n) is 6.33. The van der Waals surface area contributed by atoms with Gasteiger partial charge in [0.1, 0.15) is 11.5 Å². The molecule has 0 atom stereocenters. The summed E-state index contributed by atoms with van der Waals surface area (Å²) in [7, 11) is 0. The molecule has 0 radical (unpaired) electrons. The summed E-state index contributed by atoms with van der Waals surface area (Å²) in [5.41, 5.74) is 1.73. The number of halogens is 1. The van der Waals surface area contributed by atoms with Crippen LogP contribution in [0, 0.1) is 0 Å². The van der Waals surface area contributed by atoms with Crippen LogP contribution in [0.4, 0.5) is 0 Å². The molecular formula is C17H11ClO3. The molecule has 0 aliphatic carbocycles. The zero-order valence-electron chi connectivity index (χ0n) is 10.9. The Bertz CT molecular complexity index is 758. The van der Waals surface area contributed by atoms with Crippen LogP contribution in [0.25, 0.3) is 11.8 Å². The Morgan fingerprint density at radius 1 is 1.05 bits per heavy atom. The number of esters is 1. The quantitative estimate of drug-likeness (QED) is 0.672. The second-order valence-corrected chi connectivity index (χ2v) is 5.00. The van der Waals surface area contributed by atoms with E-state index in [0.717, 1.165) is 5.56 Å². The van der Waals surface area contributed by atoms with Crippen molar-refractivity contribution < 1.29 is 14.6 Å². The fourth-order valence-corrected chi connectivity index (χ4v) is 2.15. The third-order valence-electron chi connectivity index (χ3n) is 3.10. The van der Waals surface area contributed by atoms with Gasteiger partial charge in [-0.25, -0.2) is 4.79 Å². The number of cyclic esters (lactones) is 1. The minimum Gasteiger partial charge on any atom is -0.507 e. The van der Waals surface area contributed by atoms with Gasteiger partial charge in [0.2, 0.25) is 0 Å². The first-order chi connectivity index (χ1) is 10.1. The Kier molecular flexibility index (Phi) is 3.50. The molecule has 0 spiro atoms. The number of para-hydroxylation sites is 1. The monoisotopic (exact) mass is 298 g/mol. The van der Waals surface area contributed by atoms with Crippen LogP contribution in [0.1, 0.15) is 11.1 Å². The van der Waals surface area contributed by atoms with Crippen molar-refractivity contribution >= 4 is 29.4 Å². The van der Waals surface area contributed by atoms with Gasteiger partial charge in [-0.3, -0.25) is 0 Å². The highest BCUT2D eigenvalue weighted by atomic mass is 35.5. The Morgan fingerprint density at radius 2 is 1.76 bits per heavy atom. The normalized spacial score (nSPS) is 16.0. The molecule has 0 unspecified atom stereocenters. The summed E-state index contributed by atoms with van der Waals surface area (Å²) in [5, 5.41) is 10.4. The number of rotatable bonds is 2. The van der Waals surface area contributed by atoms with Crippen LogP contribution >= 0.6 is 11.6 Å². The van der Waals surface area contributed by atoms with Crippen molar-refractivity contribution in [3.05, 3.63) is 76.3 Å². The van der Waals surface area contributed by atoms with E-state index < -0.39 is 5.97 Å². The fraction of sp³-hybridized carbons (Fsp3) is 0. The molecule has 4 heteroatoms. The van der Waals surface area contributed by atoms with Gasteiger partial charge in [-0.1, -0.05) is 29.8 Å². The third kappa shape index (κ3) is 2.83. The second-order valence-electron chi connectivity index (χ2n) is 4.56. The highest BCUT2D eigenvalue weighted by molar-refractivity contribution is 6.30. The van der Waals surface area contributed by atoms with E-state index in [1.807, 2.05) is 0 Å². The smallest absolute Gasteiger partial charge is 0.343 e. The SMILES string of the molecule is O=C1OC(c2ccc(Cl)cc2)=C/C1=C\c1ccccc1O. The molecule has 0 bridgehead atoms. The Hall–Kier alpha value is -2.52. The summed E-state index contributed by atoms with van der Waals surface area (Å²) in [6.45, 7) is 0. The highest BCUT2D eigenvalue weighted by Gasteiger charge is 2.22. The van der Waals surface area contributed by atoms with Crippen LogP contribution in [-0.2, 0) is 9.53 Å². The lowest BCUT2D eigenvalue weighted by Gasteiger charge is -2.01. The third-order valence-corrected chi connectivity index (χ3v) is 3.35. The Morgan fingerprint density at radius 3 is 2.48 bits per heavy atom. The van der Waals surface area contributed by atoms with Gasteiger partial charge in [0.25, 0.3) is 0 Å². The fourth-order valence-electron chi connectivity index (χ4n) is 2.02. The lowest BCUT2D eigenvalue weighted by atomic mass is 10.1. The first kappa shape index (κ1) is 13.5. The van der Waals surface area contributed by atoms with Gasteiger partial charge in [0.05, 0.1) is 5.57 Å². The number of carbonyl (C=O) groups is 1. The summed E-state index contributed by atoms with van der Waals surface area (Å²) >= 11 is 5.83. The molecule has 0 aromatic heterocycles. The number of phenols is 1. The zero-order valence-corrected chi connectivity index (χ0v) is 11.7. The molecule has 1 heterocycles. The van der Waals surface area contributed by atoms with Crippen molar-refractivity contribution in [3.8, 4) is 5.75 Å². The van der Waals surface area contributed by atoms with Gasteiger partial charge in [-0.05, 0) is 42.5 Å². The number of hydrogen-bond donors (Lipinski definition) is 1. The molecule has 0 saturated heterocycles. The lowest BCUT2D eigenvalue weighted by Crippen LogP contribution is -1.97. The number of aromatic hydroxyl groups is 1. The maximum atomic E-state index is 11.9. The van der Waals surface area contributed by atoms with Crippen molar-refractivity contribution in [1.82, 2.24) is 0 Å². The van der Waals surface area contributed by atoms with E-state index in [4.69, 9.17) is 16.3 Å². The van der Waals surface area contributed by atoms with E-state index in [-0.39, 0.29) is 5.75 Å². The minimum absolute atomic E-state index is 0.117. The Balaban J connectivity index is 1.96. The van der Waals surface area contributed by atoms with E-state index in [1.54, 1.807) is 60.7 Å². The molecule has 2 aromatic carbocycles. The number of carbonyl (C=O) groups excluding carboxylic acids is 1. The number of ether oxygens (including phenoxy) is 1. The zero-order chi connectivity index (χ0) is 14.8. The number of hydrogen-bond acceptors (Lipinski definition) is 3. The van der Waals surface area contributed by atoms with E-state index in [9.17, 15) is 9.90 Å². The molecule has 3 rings (SSSR count). The molecule has 3 nitrogen and oxygen atoms in total. The molecule has 2 aromatic rings. The summed E-state index contributed by atoms with van der Waals surface area (Å²) in [5.74, 6) is 0.146. The average Bonchev–Trinajstić information content (AvgIpc) is 2.83. The van der Waals surface area contributed by atoms with Crippen molar-refractivity contribution in [1.29, 1.82) is 0 Å². The van der Waals surface area contributed by atoms with Crippen LogP contribution in [0.15, 0.2) is 60.2 Å². The van der Waals surface area contributed by atoms with Gasteiger partial charge < -0.3 is 9.84 Å². The predicted octanol–water partition coefficient (Wildman–Crippen LogP) is 4.03. The molecule has 0 saturated carbocycles. The summed E-state index contributed by atoms with van der Waals surface area (Å²) in [6, 6.07) is 13.8. The molecule has 1 aliphatic heterocycles. The van der Waals surface area contributed by atoms with Gasteiger partial charge in [-0.15, -0.1) is 0 Å². The van der Waals surface area contributed by atoms with Crippen LogP contribution < -0.4 is 0 Å². The summed E-state index contributed by atoms with van der Waals surface area (Å²) in [6.07, 6.45) is 3.25. The van der Waals surface area contributed by atoms with Gasteiger partial charge in [-0.2, -0.15) is 0 Å². The second kappa shape index (κ2) is 5.46. The molecule has 0 fully saturated rings. The van der Waals surface area contributed by atoms with E-state index in [2.05, 4.69) is 0 Å². The maximum Gasteiger partial charge on any atom is 0.343 e. The van der Waals surface area contributed by atoms with E-state index in [0.29, 0.717) is 21.9 Å². The standard InChI is InChI=1S/C17H11ClO3/c18-14-7-5-11(6-8-14)16-10-13(17(20)21-16)9-12-3-1-2-4-15(12)19/h1-10,19H/b13-9+. The van der Waals surface area contributed by atoms with Crippen molar-refractivity contribution in [2.75, 3.05) is 0 Å². The van der Waals surface area contributed by atoms with Gasteiger partial charge in [0.15, 0.2) is 0 Å². The van der Waals surface area contributed by atoms with Crippen molar-refractivity contribution in [3.63, 3.8) is 0 Å². The predicted molar refractivity (Wildman–Crippen MR) is 81.6 cm³/mol. The average molecular weight is 299 g/mol. The van der Waals surface area contributed by atoms with Crippen LogP contribution in [-0.4, -0.2) is 11.1 Å². The van der Waals surface area contributed by atoms with Crippen molar-refractivity contribution in [2.24, 2.45) is 0 Å². The molecule has 0 amide bonds. The van der Waals surface area contributed by atoms with Crippen LogP contribution in [0.5, 0.6) is 5.75 Å². The highest BCUT2D eigenvalue weighted by Crippen LogP contribution is 2.29. The topological polar surface area (TPSA) is 46.5 Å². The maximum absolute atomic E-state index is 11.9. The molecule has 1 aliphatic rings. The van der Waals surface area contributed by atoms with E-state index in [1.165, 1.54) is 0 Å². The van der Waals surface area contributed by atoms with Crippen LogP contribution in [0.2, 0.25) is 5.02 Å². The first-order valence-corrected chi connectivity index (χ1v) is 6.71. The summed E-state index contributed by atoms with van der Waals surface area (Å²) < 4.78 is 5.24. The Labute approximate surface area is 126 Å². The van der Waals surface area contributed by atoms with Gasteiger partial charge in [0, 0.05) is 16.1 Å². The molecular weight excluding hydrogens is 288 g/mol. The van der Waals surface area contributed by atoms with Crippen molar-refractivity contribution in [2.45, 2.75) is 0 Å². The summed E-state index contributed by atoms with van der Waals surface area (Å²) in [4.78, 5) is 11.9. The minimum atomic E-state index is -0.441. The van der Waals surface area contributed by atoms with E-state index >= 15 is 0 Å².